The van der Waals surface area contributed by atoms with Gasteiger partial charge in [0.1, 0.15) is 5.70 Å². The van der Waals surface area contributed by atoms with Gasteiger partial charge in [-0.2, -0.15) is 0 Å². The molecule has 1 heterocycles. The summed E-state index contributed by atoms with van der Waals surface area (Å²) in [6.07, 6.45) is 1.53. The van der Waals surface area contributed by atoms with Gasteiger partial charge in [-0.25, -0.2) is 0 Å². The second kappa shape index (κ2) is 8.00. The molecule has 3 rings (SSSR count). The number of nitrogens with one attached hydrogen (secondary N) is 1. The lowest BCUT2D eigenvalue weighted by Crippen LogP contribution is -2.32. The first kappa shape index (κ1) is 19.2. The summed E-state index contributed by atoms with van der Waals surface area (Å²) in [5.41, 5.74) is 2.81. The van der Waals surface area contributed by atoms with Gasteiger partial charge in [0.15, 0.2) is 11.5 Å². The summed E-state index contributed by atoms with van der Waals surface area (Å²) in [5, 5.41) is 3.15. The van der Waals surface area contributed by atoms with Gasteiger partial charge >= 0.3 is 0 Å². The lowest BCUT2D eigenvalue weighted by atomic mass is 10.0. The van der Waals surface area contributed by atoms with Crippen LogP contribution in [0.2, 0.25) is 0 Å². The minimum atomic E-state index is -0.391. The van der Waals surface area contributed by atoms with Crippen LogP contribution in [0.5, 0.6) is 11.5 Å². The van der Waals surface area contributed by atoms with Gasteiger partial charge in [0.25, 0.3) is 11.8 Å². The van der Waals surface area contributed by atoms with E-state index in [1.807, 2.05) is 31.2 Å². The number of ether oxygens (including phenoxy) is 2. The molecule has 0 radical (unpaired) electrons. The molecule has 0 saturated heterocycles. The van der Waals surface area contributed by atoms with E-state index in [2.05, 4.69) is 11.9 Å². The van der Waals surface area contributed by atoms with Crippen molar-refractivity contribution in [1.82, 2.24) is 4.90 Å². The summed E-state index contributed by atoms with van der Waals surface area (Å²) in [4.78, 5) is 27.2. The summed E-state index contributed by atoms with van der Waals surface area (Å²) >= 11 is 0. The fourth-order valence-electron chi connectivity index (χ4n) is 3.09. The van der Waals surface area contributed by atoms with Gasteiger partial charge in [0.05, 0.1) is 19.8 Å². The minimum absolute atomic E-state index is 0.132. The first-order valence-corrected chi connectivity index (χ1v) is 8.78. The van der Waals surface area contributed by atoms with Crippen LogP contribution in [0.1, 0.15) is 11.1 Å². The molecule has 0 spiro atoms. The second-order valence-corrected chi connectivity index (χ2v) is 6.27. The highest BCUT2D eigenvalue weighted by Crippen LogP contribution is 2.35. The van der Waals surface area contributed by atoms with Crippen LogP contribution in [0.3, 0.4) is 0 Å². The van der Waals surface area contributed by atoms with Gasteiger partial charge in [0, 0.05) is 12.2 Å². The predicted octanol–water partition coefficient (Wildman–Crippen LogP) is 3.39. The molecule has 6 nitrogen and oxygen atoms in total. The molecule has 1 aliphatic heterocycles. The number of rotatable bonds is 7. The Hall–Kier alpha value is -3.54. The summed E-state index contributed by atoms with van der Waals surface area (Å²) in [5.74, 6) is 0.247. The molecular formula is C22H22N2O4. The maximum absolute atomic E-state index is 13.0. The Kier molecular flexibility index (Phi) is 5.49. The highest BCUT2D eigenvalue weighted by molar-refractivity contribution is 6.36. The molecule has 1 aliphatic rings. The normalized spacial score (nSPS) is 13.8. The average molecular weight is 378 g/mol. The van der Waals surface area contributed by atoms with Crippen molar-refractivity contribution in [1.29, 1.82) is 0 Å². The van der Waals surface area contributed by atoms with Crippen LogP contribution in [-0.4, -0.2) is 37.5 Å². The fourth-order valence-corrected chi connectivity index (χ4v) is 3.09. The maximum atomic E-state index is 13.0. The zero-order valence-corrected chi connectivity index (χ0v) is 16.1. The molecule has 28 heavy (non-hydrogen) atoms. The number of hydrogen-bond donors (Lipinski definition) is 1. The summed E-state index contributed by atoms with van der Waals surface area (Å²) in [7, 11) is 3.06. The zero-order chi connectivity index (χ0) is 20.3. The molecule has 0 fully saturated rings. The molecule has 0 aromatic heterocycles. The molecule has 0 atom stereocenters. The number of nitrogens with zero attached hydrogens (tertiary/aromatic N) is 1. The van der Waals surface area contributed by atoms with Crippen LogP contribution >= 0.6 is 0 Å². The smallest absolute Gasteiger partial charge is 0.278 e. The number of amides is 2. The van der Waals surface area contributed by atoms with E-state index in [0.29, 0.717) is 17.1 Å². The predicted molar refractivity (Wildman–Crippen MR) is 108 cm³/mol. The number of methoxy groups -OCH3 is 2. The van der Waals surface area contributed by atoms with Crippen LogP contribution in [0, 0.1) is 6.92 Å². The van der Waals surface area contributed by atoms with E-state index in [1.54, 1.807) is 18.2 Å². The van der Waals surface area contributed by atoms with Crippen LogP contribution < -0.4 is 14.8 Å². The van der Waals surface area contributed by atoms with E-state index >= 15 is 0 Å². The molecule has 6 heteroatoms. The van der Waals surface area contributed by atoms with E-state index in [1.165, 1.54) is 25.2 Å². The van der Waals surface area contributed by atoms with Crippen molar-refractivity contribution in [2.75, 3.05) is 26.1 Å². The Morgan fingerprint density at radius 3 is 2.39 bits per heavy atom. The standard InChI is InChI=1S/C22H22N2O4/c1-5-12-24-21(25)19(15-10-11-17(27-3)18(13-15)28-4)20(22(24)26)23-16-9-7-6-8-14(16)2/h5-11,13,23H,1,12H2,2-4H3. The van der Waals surface area contributed by atoms with E-state index in [0.717, 1.165) is 11.3 Å². The zero-order valence-electron chi connectivity index (χ0n) is 16.1. The van der Waals surface area contributed by atoms with E-state index in [9.17, 15) is 9.59 Å². The first-order valence-electron chi connectivity index (χ1n) is 8.78. The average Bonchev–Trinajstić information content (AvgIpc) is 2.93. The Bertz CT molecular complexity index is 978. The van der Waals surface area contributed by atoms with Crippen LogP contribution in [0.15, 0.2) is 60.8 Å². The third kappa shape index (κ3) is 3.36. The Labute approximate surface area is 164 Å². The number of para-hydroxylation sites is 1. The molecule has 0 aliphatic carbocycles. The fraction of sp³-hybridized carbons (Fsp3) is 0.182. The third-order valence-electron chi connectivity index (χ3n) is 4.56. The number of aryl methyl sites for hydroxylation is 1. The molecule has 2 aromatic rings. The number of hydrogen-bond acceptors (Lipinski definition) is 5. The molecule has 144 valence electrons. The van der Waals surface area contributed by atoms with Gasteiger partial charge in [-0.15, -0.1) is 6.58 Å². The summed E-state index contributed by atoms with van der Waals surface area (Å²) in [6.45, 7) is 5.71. The van der Waals surface area contributed by atoms with Crippen molar-refractivity contribution >= 4 is 23.1 Å². The number of imide groups is 1. The Balaban J connectivity index is 2.14. The van der Waals surface area contributed by atoms with Crippen molar-refractivity contribution < 1.29 is 19.1 Å². The van der Waals surface area contributed by atoms with E-state index < -0.39 is 5.91 Å². The number of carbonyl (C=O) groups excluding carboxylic acids is 2. The SMILES string of the molecule is C=CCN1C(=O)C(Nc2ccccc2C)=C(c2ccc(OC)c(OC)c2)C1=O. The number of benzene rings is 2. The van der Waals surface area contributed by atoms with Crippen molar-refractivity contribution in [3.8, 4) is 11.5 Å². The van der Waals surface area contributed by atoms with Gasteiger partial charge in [-0.3, -0.25) is 14.5 Å². The van der Waals surface area contributed by atoms with Gasteiger partial charge in [-0.05, 0) is 36.2 Å². The van der Waals surface area contributed by atoms with Crippen molar-refractivity contribution in [3.63, 3.8) is 0 Å². The maximum Gasteiger partial charge on any atom is 0.278 e. The molecule has 0 saturated carbocycles. The quantitative estimate of drug-likeness (QED) is 0.591. The lowest BCUT2D eigenvalue weighted by molar-refractivity contribution is -0.136. The highest BCUT2D eigenvalue weighted by atomic mass is 16.5. The van der Waals surface area contributed by atoms with Crippen LogP contribution in [0.25, 0.3) is 5.57 Å². The molecular weight excluding hydrogens is 356 g/mol. The van der Waals surface area contributed by atoms with E-state index in [4.69, 9.17) is 9.47 Å². The molecule has 0 unspecified atom stereocenters. The van der Waals surface area contributed by atoms with Crippen molar-refractivity contribution in [3.05, 3.63) is 71.9 Å². The number of anilines is 1. The van der Waals surface area contributed by atoms with Gasteiger partial charge < -0.3 is 14.8 Å². The minimum Gasteiger partial charge on any atom is -0.493 e. The Morgan fingerprint density at radius 2 is 1.75 bits per heavy atom. The Morgan fingerprint density at radius 1 is 1.04 bits per heavy atom. The first-order chi connectivity index (χ1) is 13.5. The largest absolute Gasteiger partial charge is 0.493 e. The van der Waals surface area contributed by atoms with Crippen LogP contribution in [0.4, 0.5) is 5.69 Å². The van der Waals surface area contributed by atoms with Crippen LogP contribution in [-0.2, 0) is 9.59 Å². The molecule has 2 amide bonds. The molecule has 0 bridgehead atoms. The van der Waals surface area contributed by atoms with Gasteiger partial charge in [-0.1, -0.05) is 30.3 Å². The second-order valence-electron chi connectivity index (χ2n) is 6.27. The van der Waals surface area contributed by atoms with E-state index in [-0.39, 0.29) is 23.7 Å². The van der Waals surface area contributed by atoms with Gasteiger partial charge in [0.2, 0.25) is 0 Å². The van der Waals surface area contributed by atoms with Crippen molar-refractivity contribution in [2.45, 2.75) is 6.92 Å². The third-order valence-corrected chi connectivity index (χ3v) is 4.56. The topological polar surface area (TPSA) is 67.9 Å². The summed E-state index contributed by atoms with van der Waals surface area (Å²) in [6, 6.07) is 12.7. The lowest BCUT2D eigenvalue weighted by Gasteiger charge is -2.13. The monoisotopic (exact) mass is 378 g/mol. The highest BCUT2D eigenvalue weighted by Gasteiger charge is 2.39. The molecule has 1 N–H and O–H groups in total. The van der Waals surface area contributed by atoms with Crippen molar-refractivity contribution in [2.24, 2.45) is 0 Å². The number of carbonyl (C=O) groups is 2. The molecule has 2 aromatic carbocycles. The summed E-state index contributed by atoms with van der Waals surface area (Å²) < 4.78 is 10.6.